The van der Waals surface area contributed by atoms with Crippen molar-refractivity contribution in [2.45, 2.75) is 28.3 Å². The van der Waals surface area contributed by atoms with Gasteiger partial charge < -0.3 is 20.3 Å². The van der Waals surface area contributed by atoms with E-state index in [1.807, 2.05) is 0 Å². The molecule has 1 aliphatic carbocycles. The van der Waals surface area contributed by atoms with Crippen molar-refractivity contribution < 1.29 is 46.1 Å². The lowest BCUT2D eigenvalue weighted by Gasteiger charge is -2.13. The van der Waals surface area contributed by atoms with E-state index in [1.54, 1.807) is 0 Å². The van der Waals surface area contributed by atoms with Crippen molar-refractivity contribution in [3.63, 3.8) is 0 Å². The molecule has 0 spiro atoms. The van der Waals surface area contributed by atoms with Gasteiger partial charge in [-0.15, -0.1) is 24.5 Å². The van der Waals surface area contributed by atoms with Crippen molar-refractivity contribution in [2.75, 3.05) is 11.9 Å². The quantitative estimate of drug-likeness (QED) is 0.381. The predicted octanol–water partition coefficient (Wildman–Crippen LogP) is 4.56. The molecule has 1 aromatic heterocycles. The largest absolute Gasteiger partial charge is 0.573 e. The lowest BCUT2D eigenvalue weighted by atomic mass is 10.0. The second-order valence-electron chi connectivity index (χ2n) is 8.05. The molecule has 2 aromatic carbocycles. The fourth-order valence-corrected chi connectivity index (χ4v) is 6.41. The Morgan fingerprint density at radius 2 is 1.69 bits per heavy atom. The van der Waals surface area contributed by atoms with Crippen LogP contribution in [0.5, 0.6) is 5.75 Å². The van der Waals surface area contributed by atoms with E-state index in [1.165, 1.54) is 36.4 Å². The summed E-state index contributed by atoms with van der Waals surface area (Å²) in [4.78, 5) is 23.8. The molecule has 1 heterocycles. The van der Waals surface area contributed by atoms with Gasteiger partial charge in [0, 0.05) is 5.56 Å². The number of nitrogens with one attached hydrogen (secondary N) is 1. The summed E-state index contributed by atoms with van der Waals surface area (Å²) < 4.78 is 68.9. The third-order valence-electron chi connectivity index (χ3n) is 5.65. The van der Waals surface area contributed by atoms with E-state index in [9.17, 15) is 41.4 Å². The zero-order valence-electron chi connectivity index (χ0n) is 18.2. The number of benzene rings is 2. The highest BCUT2D eigenvalue weighted by Crippen LogP contribution is 2.48. The molecular weight excluding hydrogens is 523 g/mol. The van der Waals surface area contributed by atoms with Gasteiger partial charge in [0.25, 0.3) is 0 Å². The van der Waals surface area contributed by atoms with Crippen molar-refractivity contribution in [1.29, 1.82) is 0 Å². The summed E-state index contributed by atoms with van der Waals surface area (Å²) >= 11 is 0.555. The highest BCUT2D eigenvalue weighted by molar-refractivity contribution is 7.93. The summed E-state index contributed by atoms with van der Waals surface area (Å²) in [6, 6.07) is 11.0. The summed E-state index contributed by atoms with van der Waals surface area (Å²) in [7, 11) is -4.60. The minimum absolute atomic E-state index is 0.0266. The van der Waals surface area contributed by atoms with E-state index in [0.717, 1.165) is 18.2 Å². The molecule has 3 aromatic rings. The molecule has 1 aliphatic rings. The second-order valence-corrected chi connectivity index (χ2v) is 11.2. The Hall–Kier alpha value is -3.42. The molecule has 36 heavy (non-hydrogen) atoms. The van der Waals surface area contributed by atoms with Crippen LogP contribution in [0.15, 0.2) is 63.7 Å². The standard InChI is InChI=1S/C23H18F3NO7S2/c24-23(25,26)34-16-7-3-4-8-17(16)36(32,33)18-11-15(13-5-1-2-6-14(13)20(29)30)19(35-18)27-21(31)22(12-28)9-10-22/h1-8,11,28H,9-10,12H2,(H,27,31)(H,29,30). The minimum Gasteiger partial charge on any atom is -0.478 e. The maximum Gasteiger partial charge on any atom is 0.573 e. The first kappa shape index (κ1) is 25.7. The summed E-state index contributed by atoms with van der Waals surface area (Å²) in [6.07, 6.45) is -4.32. The molecule has 0 atom stereocenters. The van der Waals surface area contributed by atoms with E-state index in [2.05, 4.69) is 10.1 Å². The number of carboxylic acids is 1. The Labute approximate surface area is 206 Å². The van der Waals surface area contributed by atoms with E-state index in [4.69, 9.17) is 0 Å². The lowest BCUT2D eigenvalue weighted by molar-refractivity contribution is -0.275. The van der Waals surface area contributed by atoms with Crippen molar-refractivity contribution in [2.24, 2.45) is 5.41 Å². The third kappa shape index (κ3) is 4.94. The fraction of sp³-hybridized carbons (Fsp3) is 0.217. The fourth-order valence-electron chi connectivity index (χ4n) is 3.53. The number of carbonyl (C=O) groups is 2. The highest BCUT2D eigenvalue weighted by atomic mass is 32.2. The van der Waals surface area contributed by atoms with E-state index in [-0.39, 0.29) is 21.7 Å². The summed E-state index contributed by atoms with van der Waals surface area (Å²) in [5, 5.41) is 21.7. The average Bonchev–Trinajstić information content (AvgIpc) is 3.51. The number of alkyl halides is 3. The van der Waals surface area contributed by atoms with Crippen LogP contribution in [0.4, 0.5) is 18.2 Å². The number of carboxylic acid groups (broad SMARTS) is 1. The van der Waals surface area contributed by atoms with Crippen LogP contribution in [-0.4, -0.2) is 43.5 Å². The number of para-hydroxylation sites is 1. The molecule has 4 rings (SSSR count). The number of ether oxygens (including phenoxy) is 1. The zero-order valence-corrected chi connectivity index (χ0v) is 19.8. The first-order valence-corrected chi connectivity index (χ1v) is 12.7. The van der Waals surface area contributed by atoms with Crippen molar-refractivity contribution >= 4 is 38.1 Å². The molecule has 1 amide bonds. The molecule has 0 saturated heterocycles. The number of carbonyl (C=O) groups excluding carboxylic acids is 1. The smallest absolute Gasteiger partial charge is 0.478 e. The van der Waals surface area contributed by atoms with Gasteiger partial charge in [0.1, 0.15) is 19.9 Å². The van der Waals surface area contributed by atoms with Crippen LogP contribution in [0.25, 0.3) is 11.1 Å². The van der Waals surface area contributed by atoms with Crippen LogP contribution in [0.3, 0.4) is 0 Å². The van der Waals surface area contributed by atoms with Crippen molar-refractivity contribution in [1.82, 2.24) is 0 Å². The highest BCUT2D eigenvalue weighted by Gasteiger charge is 2.49. The molecule has 0 bridgehead atoms. The molecule has 1 saturated carbocycles. The van der Waals surface area contributed by atoms with Crippen molar-refractivity contribution in [3.05, 3.63) is 60.2 Å². The van der Waals surface area contributed by atoms with Gasteiger partial charge in [-0.25, -0.2) is 13.2 Å². The Bertz CT molecular complexity index is 1440. The van der Waals surface area contributed by atoms with Crippen LogP contribution in [0.1, 0.15) is 23.2 Å². The summed E-state index contributed by atoms with van der Waals surface area (Å²) in [5.41, 5.74) is -1.07. The Morgan fingerprint density at radius 3 is 2.31 bits per heavy atom. The number of anilines is 1. The molecule has 0 radical (unpaired) electrons. The zero-order chi connectivity index (χ0) is 26.3. The number of hydrogen-bond donors (Lipinski definition) is 3. The molecule has 190 valence electrons. The van der Waals surface area contributed by atoms with E-state index < -0.39 is 55.0 Å². The minimum atomic E-state index is -5.14. The molecule has 0 aliphatic heterocycles. The predicted molar refractivity (Wildman–Crippen MR) is 123 cm³/mol. The number of sulfone groups is 1. The van der Waals surface area contributed by atoms with Crippen LogP contribution < -0.4 is 10.1 Å². The van der Waals surface area contributed by atoms with Gasteiger partial charge in [-0.2, -0.15) is 0 Å². The van der Waals surface area contributed by atoms with Gasteiger partial charge in [0.2, 0.25) is 15.7 Å². The number of rotatable bonds is 8. The Balaban J connectivity index is 1.86. The van der Waals surface area contributed by atoms with Crippen LogP contribution in [-0.2, 0) is 14.6 Å². The van der Waals surface area contributed by atoms with E-state index >= 15 is 0 Å². The first-order chi connectivity index (χ1) is 16.9. The molecule has 3 N–H and O–H groups in total. The van der Waals surface area contributed by atoms with Crippen molar-refractivity contribution in [3.8, 4) is 16.9 Å². The number of thiophene rings is 1. The topological polar surface area (TPSA) is 130 Å². The molecule has 1 fully saturated rings. The third-order valence-corrected chi connectivity index (χ3v) is 8.97. The number of amides is 1. The number of halogens is 3. The maximum atomic E-state index is 13.4. The average molecular weight is 542 g/mol. The first-order valence-electron chi connectivity index (χ1n) is 10.4. The maximum absolute atomic E-state index is 13.4. The van der Waals surface area contributed by atoms with Gasteiger partial charge in [-0.05, 0) is 42.7 Å². The monoisotopic (exact) mass is 541 g/mol. The van der Waals surface area contributed by atoms with Gasteiger partial charge >= 0.3 is 12.3 Å². The van der Waals surface area contributed by atoms with Crippen LogP contribution in [0.2, 0.25) is 0 Å². The SMILES string of the molecule is O=C(O)c1ccccc1-c1cc(S(=O)(=O)c2ccccc2OC(F)(F)F)sc1NC(=O)C1(CO)CC1. The van der Waals surface area contributed by atoms with Crippen LogP contribution >= 0.6 is 11.3 Å². The van der Waals surface area contributed by atoms with Crippen LogP contribution in [0, 0.1) is 5.41 Å². The molecule has 0 unspecified atom stereocenters. The Kier molecular flexibility index (Phi) is 6.58. The number of aliphatic hydroxyl groups is 1. The molecular formula is C23H18F3NO7S2. The number of hydrogen-bond acceptors (Lipinski definition) is 7. The summed E-state index contributed by atoms with van der Waals surface area (Å²) in [6.45, 7) is -0.432. The summed E-state index contributed by atoms with van der Waals surface area (Å²) in [5.74, 6) is -2.82. The number of aliphatic hydroxyl groups excluding tert-OH is 1. The van der Waals surface area contributed by atoms with Gasteiger partial charge in [-0.3, -0.25) is 4.79 Å². The van der Waals surface area contributed by atoms with Gasteiger partial charge in [0.05, 0.1) is 17.6 Å². The Morgan fingerprint density at radius 1 is 1.06 bits per heavy atom. The van der Waals surface area contributed by atoms with E-state index in [0.29, 0.717) is 24.2 Å². The van der Waals surface area contributed by atoms with Gasteiger partial charge in [0.15, 0.2) is 0 Å². The normalized spacial score (nSPS) is 14.8. The number of aromatic carboxylic acids is 1. The molecule has 13 heteroatoms. The lowest BCUT2D eigenvalue weighted by Crippen LogP contribution is -2.27. The second kappa shape index (κ2) is 9.22. The molecule has 8 nitrogen and oxygen atoms in total. The van der Waals surface area contributed by atoms with Gasteiger partial charge in [-0.1, -0.05) is 30.3 Å².